The topological polar surface area (TPSA) is 47.1 Å². The maximum absolute atomic E-state index is 6.00. The number of aromatic nitrogens is 2. The molecule has 4 nitrogen and oxygen atoms in total. The predicted octanol–water partition coefficient (Wildman–Crippen LogP) is 2.09. The minimum Gasteiger partial charge on any atom is -0.342 e. The largest absolute Gasteiger partial charge is 0.342 e. The van der Waals surface area contributed by atoms with E-state index < -0.39 is 0 Å². The number of piperidine rings is 1. The molecular formula is C14H24N4. The Morgan fingerprint density at radius 3 is 2.50 bits per heavy atom. The van der Waals surface area contributed by atoms with E-state index in [1.807, 2.05) is 0 Å². The quantitative estimate of drug-likeness (QED) is 0.891. The molecule has 2 N–H and O–H groups in total. The van der Waals surface area contributed by atoms with Crippen LogP contribution in [0.1, 0.15) is 44.3 Å². The fourth-order valence-corrected chi connectivity index (χ4v) is 2.98. The Kier molecular flexibility index (Phi) is 3.06. The maximum atomic E-state index is 6.00. The van der Waals surface area contributed by atoms with Crippen LogP contribution in [0.3, 0.4) is 0 Å². The Morgan fingerprint density at radius 1 is 1.28 bits per heavy atom. The summed E-state index contributed by atoms with van der Waals surface area (Å²) in [6.45, 7) is 6.44. The summed E-state index contributed by atoms with van der Waals surface area (Å²) in [6.07, 6.45) is 7.26. The number of nitrogens with zero attached hydrogens (tertiary/aromatic N) is 3. The fraction of sp³-hybridized carbons (Fsp3) is 0.786. The van der Waals surface area contributed by atoms with Gasteiger partial charge >= 0.3 is 0 Å². The lowest BCUT2D eigenvalue weighted by atomic mass is 9.91. The highest BCUT2D eigenvalue weighted by atomic mass is 15.3. The van der Waals surface area contributed by atoms with Gasteiger partial charge in [-0.3, -0.25) is 0 Å². The second-order valence-corrected chi connectivity index (χ2v) is 6.00. The molecule has 0 radical (unpaired) electrons. The van der Waals surface area contributed by atoms with Crippen molar-refractivity contribution in [3.05, 3.63) is 11.9 Å². The van der Waals surface area contributed by atoms with Crippen LogP contribution in [0.25, 0.3) is 0 Å². The number of anilines is 1. The average molecular weight is 248 g/mol. The molecule has 1 atom stereocenters. The molecule has 2 aliphatic rings. The van der Waals surface area contributed by atoms with Crippen molar-refractivity contribution in [2.75, 3.05) is 18.0 Å². The van der Waals surface area contributed by atoms with Gasteiger partial charge in [0.2, 0.25) is 5.95 Å². The second-order valence-electron chi connectivity index (χ2n) is 6.00. The lowest BCUT2D eigenvalue weighted by Gasteiger charge is -2.34. The van der Waals surface area contributed by atoms with Gasteiger partial charge in [0.1, 0.15) is 0 Å². The number of hydrogen-bond donors (Lipinski definition) is 1. The monoisotopic (exact) mass is 248 g/mol. The van der Waals surface area contributed by atoms with Crippen molar-refractivity contribution in [1.29, 1.82) is 0 Å². The normalized spacial score (nSPS) is 23.4. The Bertz CT molecular complexity index is 411. The van der Waals surface area contributed by atoms with Crippen molar-refractivity contribution in [3.8, 4) is 0 Å². The zero-order valence-corrected chi connectivity index (χ0v) is 11.5. The average Bonchev–Trinajstić information content (AvgIpc) is 3.13. The van der Waals surface area contributed by atoms with Crippen LogP contribution < -0.4 is 10.6 Å². The molecule has 0 spiro atoms. The summed E-state index contributed by atoms with van der Waals surface area (Å²) in [7, 11) is 0. The summed E-state index contributed by atoms with van der Waals surface area (Å²) in [5.41, 5.74) is 7.15. The van der Waals surface area contributed by atoms with Crippen LogP contribution in [-0.4, -0.2) is 28.7 Å². The zero-order valence-electron chi connectivity index (χ0n) is 11.5. The fourth-order valence-electron chi connectivity index (χ4n) is 2.98. The highest BCUT2D eigenvalue weighted by Crippen LogP contribution is 2.38. The van der Waals surface area contributed by atoms with Crippen molar-refractivity contribution in [1.82, 2.24) is 9.55 Å². The van der Waals surface area contributed by atoms with E-state index in [1.54, 1.807) is 0 Å². The number of nitrogens with two attached hydrogens (primary N) is 1. The zero-order chi connectivity index (χ0) is 12.7. The van der Waals surface area contributed by atoms with Crippen LogP contribution in [0.2, 0.25) is 0 Å². The van der Waals surface area contributed by atoms with Crippen LogP contribution in [0.4, 0.5) is 5.95 Å². The van der Waals surface area contributed by atoms with Crippen molar-refractivity contribution in [2.24, 2.45) is 11.7 Å². The van der Waals surface area contributed by atoms with Crippen molar-refractivity contribution in [2.45, 2.75) is 51.6 Å². The summed E-state index contributed by atoms with van der Waals surface area (Å²) < 4.78 is 2.39. The van der Waals surface area contributed by atoms with Gasteiger partial charge in [-0.05, 0) is 45.4 Å². The van der Waals surface area contributed by atoms with Crippen molar-refractivity contribution < 1.29 is 0 Å². The number of aryl methyl sites for hydroxylation is 1. The molecule has 1 aliphatic heterocycles. The van der Waals surface area contributed by atoms with Crippen molar-refractivity contribution in [3.63, 3.8) is 0 Å². The van der Waals surface area contributed by atoms with Crippen LogP contribution in [-0.2, 0) is 0 Å². The van der Waals surface area contributed by atoms with Crippen LogP contribution in [0.15, 0.2) is 6.20 Å². The first-order chi connectivity index (χ1) is 8.65. The van der Waals surface area contributed by atoms with E-state index in [0.29, 0.717) is 18.0 Å². The van der Waals surface area contributed by atoms with Crippen molar-refractivity contribution >= 4 is 5.95 Å². The van der Waals surface area contributed by atoms with E-state index >= 15 is 0 Å². The van der Waals surface area contributed by atoms with Gasteiger partial charge in [-0.1, -0.05) is 0 Å². The molecule has 0 bridgehead atoms. The molecule has 1 unspecified atom stereocenters. The van der Waals surface area contributed by atoms with E-state index in [4.69, 9.17) is 10.7 Å². The highest BCUT2D eigenvalue weighted by molar-refractivity contribution is 5.35. The van der Waals surface area contributed by atoms with Gasteiger partial charge in [0.15, 0.2) is 0 Å². The molecule has 1 saturated carbocycles. The van der Waals surface area contributed by atoms with E-state index in [0.717, 1.165) is 18.8 Å². The number of rotatable bonds is 3. The Hall–Kier alpha value is -1.03. The summed E-state index contributed by atoms with van der Waals surface area (Å²) in [4.78, 5) is 7.17. The summed E-state index contributed by atoms with van der Waals surface area (Å²) in [5, 5.41) is 0. The molecule has 1 saturated heterocycles. The molecule has 2 heterocycles. The molecule has 4 heteroatoms. The molecular weight excluding hydrogens is 224 g/mol. The van der Waals surface area contributed by atoms with Crippen LogP contribution >= 0.6 is 0 Å². The first-order valence-electron chi connectivity index (χ1n) is 7.21. The van der Waals surface area contributed by atoms with Gasteiger partial charge in [0, 0.05) is 31.4 Å². The van der Waals surface area contributed by atoms with Gasteiger partial charge in [-0.25, -0.2) is 4.98 Å². The van der Waals surface area contributed by atoms with Gasteiger partial charge in [-0.2, -0.15) is 0 Å². The molecule has 2 fully saturated rings. The third-order valence-electron chi connectivity index (χ3n) is 4.34. The molecule has 1 aromatic heterocycles. The highest BCUT2D eigenvalue weighted by Gasteiger charge is 2.30. The van der Waals surface area contributed by atoms with E-state index in [-0.39, 0.29) is 0 Å². The predicted molar refractivity (Wildman–Crippen MR) is 73.8 cm³/mol. The molecule has 0 amide bonds. The minimum absolute atomic E-state index is 0.331. The Balaban J connectivity index is 1.72. The molecule has 100 valence electrons. The SMILES string of the molecule is Cc1cn(C2CC2)c(N2CCC(C(C)N)CC2)n1. The third kappa shape index (κ3) is 2.26. The van der Waals surface area contributed by atoms with Gasteiger partial charge in [0.05, 0.1) is 5.69 Å². The third-order valence-corrected chi connectivity index (χ3v) is 4.34. The standard InChI is InChI=1S/C14H24N4/c1-10-9-18(13-3-4-13)14(16-10)17-7-5-12(6-8-17)11(2)15/h9,11-13H,3-8,15H2,1-2H3. The smallest absolute Gasteiger partial charge is 0.205 e. The lowest BCUT2D eigenvalue weighted by molar-refractivity contribution is 0.351. The van der Waals surface area contributed by atoms with Gasteiger partial charge < -0.3 is 15.2 Å². The van der Waals surface area contributed by atoms with E-state index in [1.165, 1.54) is 31.6 Å². The molecule has 1 aliphatic carbocycles. The number of imidazole rings is 1. The Morgan fingerprint density at radius 2 is 1.94 bits per heavy atom. The molecule has 0 aromatic carbocycles. The van der Waals surface area contributed by atoms with E-state index in [2.05, 4.69) is 29.5 Å². The molecule has 1 aromatic rings. The number of hydrogen-bond acceptors (Lipinski definition) is 3. The summed E-state index contributed by atoms with van der Waals surface area (Å²) >= 11 is 0. The van der Waals surface area contributed by atoms with Gasteiger partial charge in [-0.15, -0.1) is 0 Å². The first-order valence-corrected chi connectivity index (χ1v) is 7.21. The maximum Gasteiger partial charge on any atom is 0.205 e. The summed E-state index contributed by atoms with van der Waals surface area (Å²) in [5.74, 6) is 1.88. The van der Waals surface area contributed by atoms with Crippen LogP contribution in [0.5, 0.6) is 0 Å². The van der Waals surface area contributed by atoms with Crippen LogP contribution in [0, 0.1) is 12.8 Å². The summed E-state index contributed by atoms with van der Waals surface area (Å²) in [6, 6.07) is 1.05. The molecule has 18 heavy (non-hydrogen) atoms. The second kappa shape index (κ2) is 4.57. The van der Waals surface area contributed by atoms with E-state index in [9.17, 15) is 0 Å². The Labute approximate surface area is 109 Å². The minimum atomic E-state index is 0.331. The first kappa shape index (κ1) is 12.0. The molecule has 3 rings (SSSR count). The van der Waals surface area contributed by atoms with Gasteiger partial charge in [0.25, 0.3) is 0 Å². The lowest BCUT2D eigenvalue weighted by Crippen LogP contribution is -2.40.